The summed E-state index contributed by atoms with van der Waals surface area (Å²) in [5.41, 5.74) is 0.976. The highest BCUT2D eigenvalue weighted by Gasteiger charge is 2.25. The van der Waals surface area contributed by atoms with Crippen molar-refractivity contribution in [3.05, 3.63) is 63.5 Å². The van der Waals surface area contributed by atoms with Crippen molar-refractivity contribution in [1.82, 2.24) is 0 Å². The molecule has 1 aliphatic rings. The van der Waals surface area contributed by atoms with Gasteiger partial charge >= 0.3 is 11.6 Å². The second-order valence-corrected chi connectivity index (χ2v) is 8.22. The van der Waals surface area contributed by atoms with Gasteiger partial charge in [0.25, 0.3) is 0 Å². The van der Waals surface area contributed by atoms with Gasteiger partial charge in [0.05, 0.1) is 12.7 Å². The molecule has 1 aliphatic carbocycles. The Hall–Kier alpha value is -2.79. The molecule has 30 heavy (non-hydrogen) atoms. The largest absolute Gasteiger partial charge is 0.496 e. The molecule has 0 radical (unpaired) electrons. The summed E-state index contributed by atoms with van der Waals surface area (Å²) in [7, 11) is 1.47. The van der Waals surface area contributed by atoms with Crippen LogP contribution in [0.4, 0.5) is 0 Å². The molecule has 0 bridgehead atoms. The Balaban J connectivity index is 1.70. The summed E-state index contributed by atoms with van der Waals surface area (Å²) in [5, 5.41) is 1.03. The predicted molar refractivity (Wildman–Crippen MR) is 116 cm³/mol. The zero-order valence-corrected chi connectivity index (χ0v) is 17.7. The van der Waals surface area contributed by atoms with Gasteiger partial charge in [-0.15, -0.1) is 0 Å². The number of fused-ring (bicyclic) bond motifs is 1. The summed E-state index contributed by atoms with van der Waals surface area (Å²) in [4.78, 5) is 25.3. The zero-order valence-electron chi connectivity index (χ0n) is 16.9. The molecule has 156 valence electrons. The standard InChI is InChI=1S/C24H23ClO5/c1-14-6-5-8-16(10-14)29-24(27)19-12-20(25)17(13-22(19)28-2)18-11-15-7-3-4-9-21(15)30-23(18)26/h3-4,7,9,11-14,16H,5-6,8,10H2,1-2H3/t14-,16+/m1/s1. The second kappa shape index (κ2) is 8.52. The Kier molecular flexibility index (Phi) is 5.82. The van der Waals surface area contributed by atoms with Gasteiger partial charge in [0.15, 0.2) is 0 Å². The maximum atomic E-state index is 12.8. The van der Waals surface area contributed by atoms with Gasteiger partial charge in [-0.05, 0) is 49.4 Å². The normalized spacial score (nSPS) is 18.9. The maximum absolute atomic E-state index is 12.8. The Morgan fingerprint density at radius 1 is 1.13 bits per heavy atom. The monoisotopic (exact) mass is 426 g/mol. The van der Waals surface area contributed by atoms with Crippen LogP contribution in [-0.4, -0.2) is 19.2 Å². The molecule has 1 heterocycles. The van der Waals surface area contributed by atoms with Crippen LogP contribution in [0.5, 0.6) is 5.75 Å². The number of rotatable bonds is 4. The van der Waals surface area contributed by atoms with Crippen molar-refractivity contribution in [1.29, 1.82) is 0 Å². The van der Waals surface area contributed by atoms with E-state index in [4.69, 9.17) is 25.5 Å². The summed E-state index contributed by atoms with van der Waals surface area (Å²) in [5.74, 6) is 0.373. The topological polar surface area (TPSA) is 65.7 Å². The molecule has 0 saturated heterocycles. The van der Waals surface area contributed by atoms with E-state index in [1.54, 1.807) is 24.3 Å². The van der Waals surface area contributed by atoms with E-state index in [-0.39, 0.29) is 16.7 Å². The smallest absolute Gasteiger partial charge is 0.344 e. The van der Waals surface area contributed by atoms with Crippen LogP contribution in [0.25, 0.3) is 22.1 Å². The van der Waals surface area contributed by atoms with Crippen LogP contribution in [-0.2, 0) is 4.74 Å². The zero-order chi connectivity index (χ0) is 21.3. The molecule has 0 N–H and O–H groups in total. The van der Waals surface area contributed by atoms with Crippen LogP contribution >= 0.6 is 11.6 Å². The van der Waals surface area contributed by atoms with Crippen molar-refractivity contribution in [3.8, 4) is 16.9 Å². The summed E-state index contributed by atoms with van der Waals surface area (Å²) in [6.45, 7) is 2.17. The van der Waals surface area contributed by atoms with E-state index in [0.29, 0.717) is 28.4 Å². The van der Waals surface area contributed by atoms with E-state index in [0.717, 1.165) is 31.1 Å². The molecule has 6 heteroatoms. The Morgan fingerprint density at radius 3 is 2.70 bits per heavy atom. The summed E-state index contributed by atoms with van der Waals surface area (Å²) in [6.07, 6.45) is 3.83. The van der Waals surface area contributed by atoms with Gasteiger partial charge in [-0.2, -0.15) is 0 Å². The number of para-hydroxylation sites is 1. The number of esters is 1. The lowest BCUT2D eigenvalue weighted by Crippen LogP contribution is -2.24. The third-order valence-corrected chi connectivity index (χ3v) is 5.92. The fourth-order valence-electron chi connectivity index (χ4n) is 4.04. The maximum Gasteiger partial charge on any atom is 0.344 e. The Labute approximate surface area is 179 Å². The molecule has 4 rings (SSSR count). The minimum Gasteiger partial charge on any atom is -0.496 e. The van der Waals surface area contributed by atoms with Gasteiger partial charge in [-0.3, -0.25) is 0 Å². The van der Waals surface area contributed by atoms with Crippen LogP contribution in [0, 0.1) is 5.92 Å². The van der Waals surface area contributed by atoms with Crippen molar-refractivity contribution in [3.63, 3.8) is 0 Å². The average Bonchev–Trinajstić information content (AvgIpc) is 2.73. The van der Waals surface area contributed by atoms with Crippen LogP contribution in [0.2, 0.25) is 5.02 Å². The number of carbonyl (C=O) groups is 1. The van der Waals surface area contributed by atoms with Crippen molar-refractivity contribution in [2.75, 3.05) is 7.11 Å². The number of hydrogen-bond donors (Lipinski definition) is 0. The molecule has 1 saturated carbocycles. The predicted octanol–water partition coefficient (Wildman–Crippen LogP) is 5.86. The molecular weight excluding hydrogens is 404 g/mol. The second-order valence-electron chi connectivity index (χ2n) is 7.82. The number of halogens is 1. The lowest BCUT2D eigenvalue weighted by atomic mass is 9.89. The first-order chi connectivity index (χ1) is 14.5. The van der Waals surface area contributed by atoms with Gasteiger partial charge in [0.2, 0.25) is 0 Å². The average molecular weight is 427 g/mol. The van der Waals surface area contributed by atoms with Crippen LogP contribution in [0.3, 0.4) is 0 Å². The van der Waals surface area contributed by atoms with Gasteiger partial charge in [0.1, 0.15) is 23.0 Å². The molecule has 1 aromatic heterocycles. The van der Waals surface area contributed by atoms with E-state index < -0.39 is 11.6 Å². The Bertz CT molecular complexity index is 1150. The summed E-state index contributed by atoms with van der Waals surface area (Å²) < 4.78 is 16.6. The molecule has 0 unspecified atom stereocenters. The highest BCUT2D eigenvalue weighted by molar-refractivity contribution is 6.33. The van der Waals surface area contributed by atoms with Gasteiger partial charge < -0.3 is 13.9 Å². The van der Waals surface area contributed by atoms with Gasteiger partial charge in [-0.25, -0.2) is 9.59 Å². The van der Waals surface area contributed by atoms with E-state index >= 15 is 0 Å². The highest BCUT2D eigenvalue weighted by Crippen LogP contribution is 2.35. The molecule has 2 atom stereocenters. The number of benzene rings is 2. The van der Waals surface area contributed by atoms with Crippen molar-refractivity contribution in [2.45, 2.75) is 38.7 Å². The minimum absolute atomic E-state index is 0.100. The fraction of sp³-hybridized carbons (Fsp3) is 0.333. The number of carbonyl (C=O) groups excluding carboxylic acids is 1. The van der Waals surface area contributed by atoms with Gasteiger partial charge in [-0.1, -0.05) is 43.1 Å². The molecule has 2 aromatic carbocycles. The molecule has 3 aromatic rings. The first kappa shape index (κ1) is 20.5. The SMILES string of the molecule is COc1cc(-c2cc3ccccc3oc2=O)c(Cl)cc1C(=O)O[C@H]1CCC[C@@H](C)C1. The van der Waals surface area contributed by atoms with Gasteiger partial charge in [0, 0.05) is 16.0 Å². The fourth-order valence-corrected chi connectivity index (χ4v) is 4.30. The lowest BCUT2D eigenvalue weighted by Gasteiger charge is -2.26. The Morgan fingerprint density at radius 2 is 1.93 bits per heavy atom. The van der Waals surface area contributed by atoms with Crippen molar-refractivity contribution < 1.29 is 18.7 Å². The molecule has 0 amide bonds. The van der Waals surface area contributed by atoms with Crippen LogP contribution in [0.15, 0.2) is 51.7 Å². The van der Waals surface area contributed by atoms with E-state index in [2.05, 4.69) is 6.92 Å². The first-order valence-corrected chi connectivity index (χ1v) is 10.5. The molecule has 0 aliphatic heterocycles. The van der Waals surface area contributed by atoms with E-state index in [1.165, 1.54) is 13.2 Å². The van der Waals surface area contributed by atoms with Crippen LogP contribution in [0.1, 0.15) is 43.0 Å². The van der Waals surface area contributed by atoms with Crippen molar-refractivity contribution in [2.24, 2.45) is 5.92 Å². The van der Waals surface area contributed by atoms with Crippen LogP contribution < -0.4 is 10.4 Å². The first-order valence-electron chi connectivity index (χ1n) is 10.1. The number of methoxy groups -OCH3 is 1. The molecular formula is C24H23ClO5. The summed E-state index contributed by atoms with van der Waals surface area (Å²) >= 11 is 6.48. The molecule has 5 nitrogen and oxygen atoms in total. The third kappa shape index (κ3) is 4.08. The van der Waals surface area contributed by atoms with E-state index in [9.17, 15) is 9.59 Å². The lowest BCUT2D eigenvalue weighted by molar-refractivity contribution is 0.0152. The third-order valence-electron chi connectivity index (χ3n) is 5.60. The molecule has 1 fully saturated rings. The van der Waals surface area contributed by atoms with Crippen molar-refractivity contribution >= 4 is 28.5 Å². The minimum atomic E-state index is -0.510. The molecule has 0 spiro atoms. The van der Waals surface area contributed by atoms with E-state index in [1.807, 2.05) is 12.1 Å². The highest BCUT2D eigenvalue weighted by atomic mass is 35.5. The number of ether oxygens (including phenoxy) is 2. The number of hydrogen-bond acceptors (Lipinski definition) is 5. The quantitative estimate of drug-likeness (QED) is 0.386. The summed E-state index contributed by atoms with van der Waals surface area (Å²) in [6, 6.07) is 12.1.